The number of carbonyl (C=O) groups excluding carboxylic acids is 8. The van der Waals surface area contributed by atoms with E-state index < -0.39 is 108 Å². The van der Waals surface area contributed by atoms with Gasteiger partial charge in [0.25, 0.3) is 0 Å². The van der Waals surface area contributed by atoms with E-state index in [2.05, 4.69) is 58.4 Å². The van der Waals surface area contributed by atoms with Crippen LogP contribution in [0.5, 0.6) is 5.75 Å². The van der Waals surface area contributed by atoms with Gasteiger partial charge in [0.1, 0.15) is 42.1 Å². The summed E-state index contributed by atoms with van der Waals surface area (Å²) in [4.78, 5) is 105. The minimum absolute atomic E-state index is 0.0864. The molecule has 0 bridgehead atoms. The average molecular weight is 924 g/mol. The van der Waals surface area contributed by atoms with Crippen molar-refractivity contribution in [3.8, 4) is 5.75 Å². The minimum atomic E-state index is -1.65. The first-order valence-electron chi connectivity index (χ1n) is 17.9. The van der Waals surface area contributed by atoms with Crippen LogP contribution >= 0.6 is 31.9 Å². The molecule has 1 heterocycles. The van der Waals surface area contributed by atoms with Crippen LogP contribution in [0.1, 0.15) is 59.4 Å². The number of hydrogen-bond donors (Lipinski definition) is 8. The summed E-state index contributed by atoms with van der Waals surface area (Å²) in [5, 5.41) is 22.0. The van der Waals surface area contributed by atoms with Crippen molar-refractivity contribution in [2.24, 2.45) is 23.3 Å². The Bertz CT molecular complexity index is 1790. The number of aromatic hydroxyl groups is 1. The summed E-state index contributed by atoms with van der Waals surface area (Å²) in [5.41, 5.74) is 11.5. The summed E-state index contributed by atoms with van der Waals surface area (Å²) in [6.45, 7) is 7.86. The van der Waals surface area contributed by atoms with E-state index in [1.165, 1.54) is 13.0 Å². The fourth-order valence-electron chi connectivity index (χ4n) is 5.23. The maximum Gasteiger partial charge on any atom is 0.329 e. The lowest BCUT2D eigenvalue weighted by atomic mass is 9.98. The van der Waals surface area contributed by atoms with Crippen molar-refractivity contribution in [2.75, 3.05) is 0 Å². The summed E-state index contributed by atoms with van der Waals surface area (Å²) < 4.78 is 6.69. The molecular weight excluding hydrogens is 874 g/mol. The summed E-state index contributed by atoms with van der Waals surface area (Å²) in [6.07, 6.45) is 10.2. The van der Waals surface area contributed by atoms with Gasteiger partial charge in [-0.15, -0.1) is 0 Å². The third-order valence-electron chi connectivity index (χ3n) is 8.57. The molecule has 57 heavy (non-hydrogen) atoms. The van der Waals surface area contributed by atoms with Gasteiger partial charge in [0.2, 0.25) is 41.4 Å². The van der Waals surface area contributed by atoms with Gasteiger partial charge in [-0.05, 0) is 68.3 Å². The van der Waals surface area contributed by atoms with E-state index in [4.69, 9.17) is 16.2 Å². The molecule has 0 aliphatic carbocycles. The van der Waals surface area contributed by atoms with E-state index in [1.54, 1.807) is 76.3 Å². The van der Waals surface area contributed by atoms with Crippen molar-refractivity contribution in [3.05, 3.63) is 69.2 Å². The molecule has 19 heteroatoms. The summed E-state index contributed by atoms with van der Waals surface area (Å²) in [7, 11) is 0. The lowest BCUT2D eigenvalue weighted by Gasteiger charge is -2.31. The van der Waals surface area contributed by atoms with Crippen LogP contribution in [0.15, 0.2) is 63.6 Å². The topological polar surface area (TPSA) is 278 Å². The Balaban J connectivity index is 2.43. The molecule has 7 atom stereocenters. The Hall–Kier alpha value is -5.30. The van der Waals surface area contributed by atoms with Crippen LogP contribution in [0.2, 0.25) is 0 Å². The standard InChI is InChI=1S/C38H49Br2N7O10/c1-6-20(4)31-38(56)57-21(5)32(45-29(50)14-12-10-8-7-9-11-13-22-15-23(39)33(51)24(40)16-22)37(55)46-30(19(2)3)36(54)44-25(17-27(41)48)34(52)43-26(18-28(42)49)35(53)47-31/h7-16,19-21,25-26,30-32,51H,6,17-18H2,1-5H3,(H2,41,48)(H2,42,49)(H,43,52)(H,44,54)(H,45,50)(H,46,55)(H,47,53)/b9-7+,10-8+,13-11+,14-12+. The van der Waals surface area contributed by atoms with Crippen molar-refractivity contribution >= 4 is 85.3 Å². The second-order valence-electron chi connectivity index (χ2n) is 13.5. The number of hydrogen-bond acceptors (Lipinski definition) is 10. The van der Waals surface area contributed by atoms with Crippen molar-refractivity contribution in [2.45, 2.75) is 90.2 Å². The first kappa shape index (κ1) is 47.9. The quantitative estimate of drug-likeness (QED) is 0.0801. The molecular formula is C38H49Br2N7O10. The summed E-state index contributed by atoms with van der Waals surface area (Å²) in [6, 6.07) is -4.10. The Morgan fingerprint density at radius 3 is 1.81 bits per heavy atom. The number of rotatable bonds is 13. The van der Waals surface area contributed by atoms with Gasteiger partial charge in [0.05, 0.1) is 21.8 Å². The zero-order valence-electron chi connectivity index (χ0n) is 32.0. The molecule has 0 radical (unpaired) electrons. The maximum absolute atomic E-state index is 13.8. The maximum atomic E-state index is 13.8. The van der Waals surface area contributed by atoms with Crippen LogP contribution in [-0.2, 0) is 43.1 Å². The summed E-state index contributed by atoms with van der Waals surface area (Å²) >= 11 is 6.55. The molecule has 310 valence electrons. The molecule has 1 aromatic carbocycles. The van der Waals surface area contributed by atoms with Gasteiger partial charge in [0.15, 0.2) is 0 Å². The van der Waals surface area contributed by atoms with Crippen molar-refractivity contribution < 1.29 is 48.2 Å². The minimum Gasteiger partial charge on any atom is -0.506 e. The Kier molecular flexibility index (Phi) is 19.4. The van der Waals surface area contributed by atoms with Crippen molar-refractivity contribution in [3.63, 3.8) is 0 Å². The SMILES string of the molecule is CCC(C)C1NC(=O)C(CC(N)=O)NC(=O)C(CC(N)=O)NC(=O)C(C(C)C)NC(=O)C(NC(=O)/C=C/C=C/C=C/C=C/c2cc(Br)c(O)c(Br)c2)C(C)OC1=O. The number of halogens is 2. The lowest BCUT2D eigenvalue weighted by molar-refractivity contribution is -0.157. The molecule has 0 aromatic heterocycles. The van der Waals surface area contributed by atoms with Crippen LogP contribution in [0.4, 0.5) is 0 Å². The molecule has 1 aliphatic rings. The highest BCUT2D eigenvalue weighted by Gasteiger charge is 2.39. The lowest BCUT2D eigenvalue weighted by Crippen LogP contribution is -2.62. The van der Waals surface area contributed by atoms with Crippen molar-refractivity contribution in [1.29, 1.82) is 0 Å². The van der Waals surface area contributed by atoms with Gasteiger partial charge >= 0.3 is 5.97 Å². The molecule has 2 rings (SSSR count). The molecule has 7 unspecified atom stereocenters. The Labute approximate surface area is 347 Å². The van der Waals surface area contributed by atoms with Crippen LogP contribution in [0.3, 0.4) is 0 Å². The van der Waals surface area contributed by atoms with Crippen LogP contribution in [0.25, 0.3) is 6.08 Å². The molecule has 1 fully saturated rings. The first-order valence-corrected chi connectivity index (χ1v) is 19.5. The van der Waals surface area contributed by atoms with E-state index in [0.717, 1.165) is 11.6 Å². The normalized spacial score (nSPS) is 23.6. The second kappa shape index (κ2) is 23.1. The zero-order chi connectivity index (χ0) is 43.0. The number of benzene rings is 1. The van der Waals surface area contributed by atoms with Gasteiger partial charge in [0, 0.05) is 6.08 Å². The van der Waals surface area contributed by atoms with E-state index in [-0.39, 0.29) is 5.75 Å². The average Bonchev–Trinajstić information content (AvgIpc) is 3.12. The van der Waals surface area contributed by atoms with Gasteiger partial charge in [-0.2, -0.15) is 0 Å². The number of cyclic esters (lactones) is 1. The number of primary amides is 2. The Morgan fingerprint density at radius 2 is 1.28 bits per heavy atom. The van der Waals surface area contributed by atoms with Crippen LogP contribution in [0, 0.1) is 11.8 Å². The number of esters is 1. The largest absolute Gasteiger partial charge is 0.506 e. The van der Waals surface area contributed by atoms with E-state index in [1.807, 2.05) is 0 Å². The number of allylic oxidation sites excluding steroid dienone is 6. The molecule has 1 aromatic rings. The highest BCUT2D eigenvalue weighted by molar-refractivity contribution is 9.11. The number of carbonyl (C=O) groups is 8. The van der Waals surface area contributed by atoms with Gasteiger partial charge < -0.3 is 47.9 Å². The second-order valence-corrected chi connectivity index (χ2v) is 15.2. The van der Waals surface area contributed by atoms with Crippen LogP contribution in [-0.4, -0.2) is 88.7 Å². The van der Waals surface area contributed by atoms with Crippen molar-refractivity contribution in [1.82, 2.24) is 26.6 Å². The number of phenols is 1. The van der Waals surface area contributed by atoms with Gasteiger partial charge in [-0.1, -0.05) is 76.6 Å². The molecule has 1 saturated heterocycles. The highest BCUT2D eigenvalue weighted by Crippen LogP contribution is 2.33. The number of nitrogens with two attached hydrogens (primary N) is 2. The third-order valence-corrected chi connectivity index (χ3v) is 9.78. The monoisotopic (exact) mass is 921 g/mol. The fourth-order valence-corrected chi connectivity index (χ4v) is 6.45. The van der Waals surface area contributed by atoms with E-state index >= 15 is 0 Å². The highest BCUT2D eigenvalue weighted by atomic mass is 79.9. The van der Waals surface area contributed by atoms with Gasteiger partial charge in [-0.25, -0.2) is 4.79 Å². The predicted molar refractivity (Wildman–Crippen MR) is 217 cm³/mol. The molecule has 7 amide bonds. The van der Waals surface area contributed by atoms with Crippen LogP contribution < -0.4 is 38.1 Å². The number of ether oxygens (including phenoxy) is 1. The molecule has 1 aliphatic heterocycles. The Morgan fingerprint density at radius 1 is 0.789 bits per heavy atom. The van der Waals surface area contributed by atoms with E-state index in [9.17, 15) is 43.5 Å². The predicted octanol–water partition coefficient (Wildman–Crippen LogP) is 1.42. The third kappa shape index (κ3) is 15.6. The van der Waals surface area contributed by atoms with E-state index in [0.29, 0.717) is 15.4 Å². The molecule has 17 nitrogen and oxygen atoms in total. The summed E-state index contributed by atoms with van der Waals surface area (Å²) in [5.74, 6) is -8.79. The molecule has 0 saturated carbocycles. The molecule has 10 N–H and O–H groups in total. The zero-order valence-corrected chi connectivity index (χ0v) is 35.2. The number of amides is 7. The number of phenolic OH excluding ortho intramolecular Hbond substituents is 1. The smallest absolute Gasteiger partial charge is 0.329 e. The molecule has 0 spiro atoms. The van der Waals surface area contributed by atoms with Gasteiger partial charge in [-0.3, -0.25) is 33.6 Å². The fraction of sp³-hybridized carbons (Fsp3) is 0.421. The first-order chi connectivity index (χ1) is 26.7. The number of nitrogens with one attached hydrogen (secondary N) is 5.